The number of aliphatic imine (C=N–C) groups is 1. The van der Waals surface area contributed by atoms with Gasteiger partial charge in [0.25, 0.3) is 0 Å². The Morgan fingerprint density at radius 1 is 1.10 bits per heavy atom. The van der Waals surface area contributed by atoms with Crippen molar-refractivity contribution in [3.63, 3.8) is 0 Å². The predicted molar refractivity (Wildman–Crippen MR) is 133 cm³/mol. The van der Waals surface area contributed by atoms with Crippen molar-refractivity contribution >= 4 is 35.6 Å². The molecule has 0 radical (unpaired) electrons. The number of guanidine groups is 1. The molecule has 2 fully saturated rings. The van der Waals surface area contributed by atoms with Crippen LogP contribution in [0.25, 0.3) is 0 Å². The molecule has 2 saturated heterocycles. The van der Waals surface area contributed by atoms with Crippen molar-refractivity contribution < 1.29 is 4.74 Å². The molecular formula is C22H38IN5O. The molecule has 1 atom stereocenters. The second kappa shape index (κ2) is 14.0. The minimum Gasteiger partial charge on any atom is -0.376 e. The molecule has 1 aromatic rings. The number of unbranched alkanes of at least 4 members (excludes halogenated alkanes) is 1. The van der Waals surface area contributed by atoms with E-state index in [0.29, 0.717) is 6.10 Å². The van der Waals surface area contributed by atoms with E-state index in [4.69, 9.17) is 4.74 Å². The number of nitrogens with one attached hydrogen (secondary N) is 2. The number of piperazine rings is 1. The fourth-order valence-corrected chi connectivity index (χ4v) is 3.86. The van der Waals surface area contributed by atoms with Crippen molar-refractivity contribution in [3.05, 3.63) is 30.3 Å². The van der Waals surface area contributed by atoms with E-state index >= 15 is 0 Å². The van der Waals surface area contributed by atoms with E-state index in [1.165, 1.54) is 31.5 Å². The molecule has 2 heterocycles. The van der Waals surface area contributed by atoms with Gasteiger partial charge in [0.15, 0.2) is 5.96 Å². The van der Waals surface area contributed by atoms with Gasteiger partial charge in [0, 0.05) is 51.6 Å². The first kappa shape index (κ1) is 24.2. The molecule has 0 amide bonds. The Labute approximate surface area is 193 Å². The predicted octanol–water partition coefficient (Wildman–Crippen LogP) is 2.94. The molecule has 0 spiro atoms. The number of anilines is 1. The van der Waals surface area contributed by atoms with E-state index in [0.717, 1.165) is 64.8 Å². The molecule has 0 aliphatic carbocycles. The van der Waals surface area contributed by atoms with Gasteiger partial charge < -0.3 is 20.3 Å². The number of hydrogen-bond acceptors (Lipinski definition) is 4. The van der Waals surface area contributed by atoms with E-state index < -0.39 is 0 Å². The zero-order chi connectivity index (χ0) is 19.4. The highest BCUT2D eigenvalue weighted by atomic mass is 127. The number of ether oxygens (including phenoxy) is 1. The number of halogens is 1. The summed E-state index contributed by atoms with van der Waals surface area (Å²) in [5.41, 5.74) is 1.35. The van der Waals surface area contributed by atoms with Crippen LogP contribution >= 0.6 is 24.0 Å². The first-order valence-electron chi connectivity index (χ1n) is 11.0. The van der Waals surface area contributed by atoms with Crippen molar-refractivity contribution in [3.8, 4) is 0 Å². The van der Waals surface area contributed by atoms with Gasteiger partial charge in [-0.1, -0.05) is 18.2 Å². The van der Waals surface area contributed by atoms with Crippen LogP contribution in [0.15, 0.2) is 35.3 Å². The Bertz CT molecular complexity index is 572. The minimum absolute atomic E-state index is 0. The number of rotatable bonds is 9. The lowest BCUT2D eigenvalue weighted by Gasteiger charge is -2.36. The van der Waals surface area contributed by atoms with Gasteiger partial charge in [-0.25, -0.2) is 0 Å². The van der Waals surface area contributed by atoms with Gasteiger partial charge in [-0.15, -0.1) is 24.0 Å². The molecule has 1 aromatic carbocycles. The highest BCUT2D eigenvalue weighted by Crippen LogP contribution is 2.15. The highest BCUT2D eigenvalue weighted by molar-refractivity contribution is 14.0. The molecule has 6 nitrogen and oxygen atoms in total. The van der Waals surface area contributed by atoms with Crippen molar-refractivity contribution in [1.82, 2.24) is 15.5 Å². The van der Waals surface area contributed by atoms with Crippen LogP contribution in [0.2, 0.25) is 0 Å². The molecule has 7 heteroatoms. The third kappa shape index (κ3) is 8.68. The molecule has 0 bridgehead atoms. The summed E-state index contributed by atoms with van der Waals surface area (Å²) in [5.74, 6) is 0.925. The molecule has 0 aromatic heterocycles. The van der Waals surface area contributed by atoms with Gasteiger partial charge in [0.05, 0.1) is 12.6 Å². The lowest BCUT2D eigenvalue weighted by atomic mass is 10.2. The fraction of sp³-hybridized carbons (Fsp3) is 0.682. The molecule has 29 heavy (non-hydrogen) atoms. The van der Waals surface area contributed by atoms with Crippen molar-refractivity contribution in [1.29, 1.82) is 0 Å². The zero-order valence-electron chi connectivity index (χ0n) is 17.8. The number of benzene rings is 1. The lowest BCUT2D eigenvalue weighted by Crippen LogP contribution is -2.46. The average Bonchev–Trinajstić information content (AvgIpc) is 3.26. The fourth-order valence-electron chi connectivity index (χ4n) is 3.86. The Balaban J connectivity index is 0.00000300. The topological polar surface area (TPSA) is 52.1 Å². The molecule has 2 N–H and O–H groups in total. The summed E-state index contributed by atoms with van der Waals surface area (Å²) in [6.45, 7) is 11.4. The maximum atomic E-state index is 5.66. The van der Waals surface area contributed by atoms with Gasteiger partial charge in [-0.3, -0.25) is 9.89 Å². The standard InChI is InChI=1S/C22H37N5O.HI/c1-2-23-22(25-19-21-11-8-18-28-21)24-12-6-7-13-26-14-16-27(17-15-26)20-9-4-3-5-10-20;/h3-5,9-10,21H,2,6-8,11-19H2,1H3,(H2,23,24,25);1H. The van der Waals surface area contributed by atoms with Crippen LogP contribution in [0.1, 0.15) is 32.6 Å². The highest BCUT2D eigenvalue weighted by Gasteiger charge is 2.17. The average molecular weight is 515 g/mol. The Morgan fingerprint density at radius 2 is 1.90 bits per heavy atom. The number of para-hydroxylation sites is 1. The van der Waals surface area contributed by atoms with Crippen LogP contribution < -0.4 is 15.5 Å². The Kier molecular flexibility index (Phi) is 11.7. The molecule has 3 rings (SSSR count). The smallest absolute Gasteiger partial charge is 0.191 e. The molecule has 2 aliphatic rings. The van der Waals surface area contributed by atoms with Gasteiger partial charge in [0.1, 0.15) is 0 Å². The Morgan fingerprint density at radius 3 is 2.59 bits per heavy atom. The van der Waals surface area contributed by atoms with E-state index in [-0.39, 0.29) is 24.0 Å². The lowest BCUT2D eigenvalue weighted by molar-refractivity contribution is 0.117. The summed E-state index contributed by atoms with van der Waals surface area (Å²) in [6, 6.07) is 10.8. The van der Waals surface area contributed by atoms with Crippen LogP contribution in [0.4, 0.5) is 5.69 Å². The van der Waals surface area contributed by atoms with Crippen molar-refractivity contribution in [2.24, 2.45) is 4.99 Å². The molecule has 1 unspecified atom stereocenters. The van der Waals surface area contributed by atoms with Gasteiger partial charge in [-0.05, 0) is 51.3 Å². The normalized spacial score (nSPS) is 20.4. The van der Waals surface area contributed by atoms with Gasteiger partial charge in [-0.2, -0.15) is 0 Å². The van der Waals surface area contributed by atoms with Crippen LogP contribution in [-0.2, 0) is 4.74 Å². The van der Waals surface area contributed by atoms with E-state index in [2.05, 4.69) is 62.7 Å². The van der Waals surface area contributed by atoms with Gasteiger partial charge in [0.2, 0.25) is 0 Å². The van der Waals surface area contributed by atoms with Crippen molar-refractivity contribution in [2.75, 3.05) is 63.9 Å². The third-order valence-electron chi connectivity index (χ3n) is 5.51. The van der Waals surface area contributed by atoms with E-state index in [1.807, 2.05) is 0 Å². The van der Waals surface area contributed by atoms with Crippen LogP contribution in [0, 0.1) is 0 Å². The van der Waals surface area contributed by atoms with E-state index in [9.17, 15) is 0 Å². The number of nitrogens with zero attached hydrogens (tertiary/aromatic N) is 3. The van der Waals surface area contributed by atoms with Crippen LogP contribution in [0.5, 0.6) is 0 Å². The molecule has 164 valence electrons. The first-order chi connectivity index (χ1) is 13.8. The second-order valence-corrected chi connectivity index (χ2v) is 7.65. The summed E-state index contributed by atoms with van der Waals surface area (Å²) < 4.78 is 5.66. The summed E-state index contributed by atoms with van der Waals surface area (Å²) in [4.78, 5) is 9.76. The van der Waals surface area contributed by atoms with Crippen molar-refractivity contribution in [2.45, 2.75) is 38.7 Å². The van der Waals surface area contributed by atoms with Crippen LogP contribution in [-0.4, -0.2) is 75.9 Å². The molecular weight excluding hydrogens is 477 g/mol. The second-order valence-electron chi connectivity index (χ2n) is 7.65. The van der Waals surface area contributed by atoms with Crippen LogP contribution in [0.3, 0.4) is 0 Å². The number of hydrogen-bond donors (Lipinski definition) is 2. The molecule has 2 aliphatic heterocycles. The monoisotopic (exact) mass is 515 g/mol. The maximum absolute atomic E-state index is 5.66. The largest absolute Gasteiger partial charge is 0.376 e. The van der Waals surface area contributed by atoms with Gasteiger partial charge >= 0.3 is 0 Å². The SMILES string of the molecule is CCNC(=NCC1CCCO1)NCCCCN1CCN(c2ccccc2)CC1.I. The first-order valence-corrected chi connectivity index (χ1v) is 11.0. The Hall–Kier alpha value is -1.06. The summed E-state index contributed by atoms with van der Waals surface area (Å²) in [5, 5.41) is 6.80. The molecule has 0 saturated carbocycles. The van der Waals surface area contributed by atoms with E-state index in [1.54, 1.807) is 0 Å². The minimum atomic E-state index is 0. The maximum Gasteiger partial charge on any atom is 0.191 e. The summed E-state index contributed by atoms with van der Waals surface area (Å²) in [7, 11) is 0. The summed E-state index contributed by atoms with van der Waals surface area (Å²) in [6.07, 6.45) is 5.02. The zero-order valence-corrected chi connectivity index (χ0v) is 20.1. The third-order valence-corrected chi connectivity index (χ3v) is 5.51. The quantitative estimate of drug-likeness (QED) is 0.229. The summed E-state index contributed by atoms with van der Waals surface area (Å²) >= 11 is 0.